The molecule has 0 saturated heterocycles. The van der Waals surface area contributed by atoms with Gasteiger partial charge in [0.25, 0.3) is 0 Å². The summed E-state index contributed by atoms with van der Waals surface area (Å²) < 4.78 is 43.5. The largest absolute Gasteiger partial charge is 1.00 e. The second kappa shape index (κ2) is 6.95. The second-order valence-corrected chi connectivity index (χ2v) is 4.99. The average Bonchev–Trinajstić information content (AvgIpc) is 3.30. The SMILES string of the molecule is Cc1cc(C(F)(F)F)ccc1OCc1cccc(C2=N[N-]2)c1.[Na+]. The Morgan fingerprint density at radius 3 is 2.48 bits per heavy atom. The molecule has 0 unspecified atom stereocenters. The van der Waals surface area contributed by atoms with Crippen LogP contribution in [0.4, 0.5) is 13.2 Å². The Hall–Kier alpha value is -1.50. The van der Waals surface area contributed by atoms with Gasteiger partial charge in [-0.3, -0.25) is 0 Å². The van der Waals surface area contributed by atoms with Crippen molar-refractivity contribution in [1.82, 2.24) is 0 Å². The maximum Gasteiger partial charge on any atom is 1.00 e. The van der Waals surface area contributed by atoms with Crippen molar-refractivity contribution >= 4 is 5.84 Å². The van der Waals surface area contributed by atoms with Crippen molar-refractivity contribution in [2.24, 2.45) is 5.10 Å². The van der Waals surface area contributed by atoms with Gasteiger partial charge in [-0.2, -0.15) is 13.2 Å². The van der Waals surface area contributed by atoms with Crippen LogP contribution in [0.15, 0.2) is 47.6 Å². The van der Waals surface area contributed by atoms with E-state index in [1.807, 2.05) is 24.3 Å². The van der Waals surface area contributed by atoms with Crippen molar-refractivity contribution in [3.05, 3.63) is 70.1 Å². The van der Waals surface area contributed by atoms with Crippen molar-refractivity contribution in [1.29, 1.82) is 0 Å². The van der Waals surface area contributed by atoms with E-state index in [4.69, 9.17) is 4.74 Å². The third-order valence-corrected chi connectivity index (χ3v) is 3.28. The molecule has 0 saturated carbocycles. The summed E-state index contributed by atoms with van der Waals surface area (Å²) >= 11 is 0. The van der Waals surface area contributed by atoms with Crippen LogP contribution in [0.5, 0.6) is 5.75 Å². The Kier molecular flexibility index (Phi) is 5.39. The van der Waals surface area contributed by atoms with E-state index >= 15 is 0 Å². The predicted octanol–water partition coefficient (Wildman–Crippen LogP) is 1.65. The number of alkyl halides is 3. The number of nitrogens with zero attached hydrogens (tertiary/aromatic N) is 2. The Morgan fingerprint density at radius 2 is 1.87 bits per heavy atom. The van der Waals surface area contributed by atoms with E-state index in [1.165, 1.54) is 6.07 Å². The molecule has 23 heavy (non-hydrogen) atoms. The predicted molar refractivity (Wildman–Crippen MR) is 76.9 cm³/mol. The van der Waals surface area contributed by atoms with E-state index in [2.05, 4.69) is 10.5 Å². The van der Waals surface area contributed by atoms with Gasteiger partial charge >= 0.3 is 35.7 Å². The molecule has 1 aliphatic heterocycles. The van der Waals surface area contributed by atoms with Gasteiger partial charge in [-0.05, 0) is 47.9 Å². The molecule has 2 aromatic rings. The zero-order valence-electron chi connectivity index (χ0n) is 12.7. The van der Waals surface area contributed by atoms with Crippen LogP contribution < -0.4 is 34.3 Å². The minimum absolute atomic E-state index is 0. The van der Waals surface area contributed by atoms with E-state index in [0.29, 0.717) is 17.1 Å². The van der Waals surface area contributed by atoms with Gasteiger partial charge in [0.2, 0.25) is 0 Å². The molecule has 7 heteroatoms. The molecular weight excluding hydrogens is 316 g/mol. The molecular formula is C16H12F3N2NaO. The van der Waals surface area contributed by atoms with Gasteiger partial charge in [0.05, 0.1) is 5.56 Å². The number of rotatable bonds is 4. The second-order valence-electron chi connectivity index (χ2n) is 4.99. The Morgan fingerprint density at radius 1 is 1.13 bits per heavy atom. The number of hydrogen-bond donors (Lipinski definition) is 0. The minimum Gasteiger partial charge on any atom is -0.489 e. The van der Waals surface area contributed by atoms with Crippen LogP contribution in [-0.2, 0) is 12.8 Å². The van der Waals surface area contributed by atoms with Gasteiger partial charge in [0, 0.05) is 0 Å². The van der Waals surface area contributed by atoms with E-state index in [-0.39, 0.29) is 36.2 Å². The quantitative estimate of drug-likeness (QED) is 0.786. The first-order valence-electron chi connectivity index (χ1n) is 6.62. The van der Waals surface area contributed by atoms with Gasteiger partial charge in [-0.25, -0.2) is 0 Å². The molecule has 0 N–H and O–H groups in total. The molecule has 0 radical (unpaired) electrons. The Labute approximate surface area is 153 Å². The van der Waals surface area contributed by atoms with Crippen LogP contribution in [0.3, 0.4) is 0 Å². The van der Waals surface area contributed by atoms with Gasteiger partial charge in [-0.15, -0.1) is 0 Å². The number of halogens is 3. The average molecular weight is 328 g/mol. The molecule has 0 aliphatic carbocycles. The fourth-order valence-electron chi connectivity index (χ4n) is 2.09. The molecule has 0 fully saturated rings. The monoisotopic (exact) mass is 328 g/mol. The zero-order chi connectivity index (χ0) is 15.7. The van der Waals surface area contributed by atoms with E-state index in [9.17, 15) is 13.2 Å². The molecule has 3 nitrogen and oxygen atoms in total. The minimum atomic E-state index is -4.34. The molecule has 0 amide bonds. The van der Waals surface area contributed by atoms with Crippen molar-refractivity contribution < 1.29 is 47.5 Å². The smallest absolute Gasteiger partial charge is 0.489 e. The van der Waals surface area contributed by atoms with Gasteiger partial charge in [0.1, 0.15) is 12.4 Å². The normalized spacial score (nSPS) is 12.8. The van der Waals surface area contributed by atoms with Crippen LogP contribution in [0, 0.1) is 6.92 Å². The van der Waals surface area contributed by atoms with Gasteiger partial charge in [-0.1, -0.05) is 24.0 Å². The Bertz CT molecular complexity index is 744. The summed E-state index contributed by atoms with van der Waals surface area (Å²) in [7, 11) is 0. The van der Waals surface area contributed by atoms with Crippen LogP contribution >= 0.6 is 0 Å². The first kappa shape index (κ1) is 17.8. The third-order valence-electron chi connectivity index (χ3n) is 3.28. The van der Waals surface area contributed by atoms with Crippen LogP contribution in [0.1, 0.15) is 22.3 Å². The summed E-state index contributed by atoms with van der Waals surface area (Å²) in [5, 5.41) is 3.77. The van der Waals surface area contributed by atoms with Crippen molar-refractivity contribution in [2.75, 3.05) is 0 Å². The van der Waals surface area contributed by atoms with Gasteiger partial charge in [0.15, 0.2) is 0 Å². The number of aryl methyl sites for hydroxylation is 1. The molecule has 3 rings (SSSR count). The summed E-state index contributed by atoms with van der Waals surface area (Å²) in [6.07, 6.45) is -4.34. The number of amidine groups is 1. The van der Waals surface area contributed by atoms with Crippen molar-refractivity contribution in [3.63, 3.8) is 0 Å². The van der Waals surface area contributed by atoms with Crippen LogP contribution in [0.2, 0.25) is 0 Å². The number of benzene rings is 2. The fraction of sp³-hybridized carbons (Fsp3) is 0.188. The standard InChI is InChI=1S/C16H12F3N2O.Na/c1-10-7-13(16(17,18)19)5-6-14(10)22-9-11-3-2-4-12(8-11)15-20-21-15;/h2-8H,9H2,1H3;/q-1;+1. The number of hydrogen-bond acceptors (Lipinski definition) is 2. The summed E-state index contributed by atoms with van der Waals surface area (Å²) in [5.74, 6) is 1.14. The summed E-state index contributed by atoms with van der Waals surface area (Å²) in [4.78, 5) is 0. The summed E-state index contributed by atoms with van der Waals surface area (Å²) in [5.41, 5.74) is 5.36. The Balaban J connectivity index is 0.00000192. The molecule has 114 valence electrons. The van der Waals surface area contributed by atoms with Crippen molar-refractivity contribution in [3.8, 4) is 5.75 Å². The third kappa shape index (κ3) is 4.50. The van der Waals surface area contributed by atoms with E-state index in [1.54, 1.807) is 6.92 Å². The van der Waals surface area contributed by atoms with E-state index in [0.717, 1.165) is 23.3 Å². The number of ether oxygens (including phenoxy) is 1. The zero-order valence-corrected chi connectivity index (χ0v) is 14.7. The summed E-state index contributed by atoms with van der Waals surface area (Å²) in [6.45, 7) is 1.87. The fourth-order valence-corrected chi connectivity index (χ4v) is 2.09. The first-order chi connectivity index (χ1) is 10.4. The molecule has 0 atom stereocenters. The van der Waals surface area contributed by atoms with E-state index < -0.39 is 11.7 Å². The maximum absolute atomic E-state index is 12.6. The maximum atomic E-state index is 12.6. The van der Waals surface area contributed by atoms with Crippen LogP contribution in [0.25, 0.3) is 5.43 Å². The molecule has 0 spiro atoms. The molecule has 1 aliphatic rings. The molecule has 1 heterocycles. The molecule has 0 bridgehead atoms. The topological polar surface area (TPSA) is 35.7 Å². The van der Waals surface area contributed by atoms with Gasteiger partial charge < -0.3 is 15.3 Å². The van der Waals surface area contributed by atoms with Crippen LogP contribution in [-0.4, -0.2) is 5.84 Å². The first-order valence-corrected chi connectivity index (χ1v) is 6.62. The molecule has 0 aromatic heterocycles. The summed E-state index contributed by atoms with van der Waals surface area (Å²) in [6, 6.07) is 11.0. The van der Waals surface area contributed by atoms with Crippen molar-refractivity contribution in [2.45, 2.75) is 19.7 Å². The molecule has 2 aromatic carbocycles.